The Hall–Kier alpha value is -0.120. The van der Waals surface area contributed by atoms with E-state index in [1.165, 1.54) is 58.4 Å². The Bertz CT molecular complexity index is 238. The van der Waals surface area contributed by atoms with Crippen LogP contribution >= 0.6 is 0 Å². The summed E-state index contributed by atoms with van der Waals surface area (Å²) in [6.07, 6.45) is 5.42. The molecule has 2 aliphatic heterocycles. The summed E-state index contributed by atoms with van der Waals surface area (Å²) in [4.78, 5) is 5.18. The van der Waals surface area contributed by atoms with Gasteiger partial charge in [0.2, 0.25) is 0 Å². The van der Waals surface area contributed by atoms with Crippen LogP contribution in [-0.4, -0.2) is 62.2 Å². The van der Waals surface area contributed by atoms with Crippen molar-refractivity contribution in [2.24, 2.45) is 5.41 Å². The van der Waals surface area contributed by atoms with Gasteiger partial charge in [-0.2, -0.15) is 0 Å². The molecule has 3 heteroatoms. The van der Waals surface area contributed by atoms with E-state index in [4.69, 9.17) is 0 Å². The number of nitrogens with one attached hydrogen (secondary N) is 1. The zero-order chi connectivity index (χ0) is 13.0. The molecule has 2 aliphatic rings. The Morgan fingerprint density at radius 3 is 2.28 bits per heavy atom. The first kappa shape index (κ1) is 14.3. The summed E-state index contributed by atoms with van der Waals surface area (Å²) in [5, 5.41) is 3.59. The van der Waals surface area contributed by atoms with Crippen molar-refractivity contribution in [1.82, 2.24) is 15.1 Å². The summed E-state index contributed by atoms with van der Waals surface area (Å²) >= 11 is 0. The topological polar surface area (TPSA) is 18.5 Å². The van der Waals surface area contributed by atoms with E-state index < -0.39 is 0 Å². The van der Waals surface area contributed by atoms with Gasteiger partial charge >= 0.3 is 0 Å². The number of hydrogen-bond acceptors (Lipinski definition) is 3. The molecule has 2 heterocycles. The third-order valence-electron chi connectivity index (χ3n) is 4.88. The van der Waals surface area contributed by atoms with Crippen LogP contribution in [0.3, 0.4) is 0 Å². The van der Waals surface area contributed by atoms with E-state index in [1.54, 1.807) is 0 Å². The Kier molecular flexibility index (Phi) is 5.05. The minimum atomic E-state index is 0.567. The third kappa shape index (κ3) is 3.94. The van der Waals surface area contributed by atoms with Crippen molar-refractivity contribution in [2.75, 3.05) is 46.3 Å². The van der Waals surface area contributed by atoms with E-state index in [0.29, 0.717) is 5.41 Å². The highest BCUT2D eigenvalue weighted by atomic mass is 15.2. The molecule has 1 N–H and O–H groups in total. The number of piperidine rings is 2. The molecule has 18 heavy (non-hydrogen) atoms. The molecule has 106 valence electrons. The fourth-order valence-corrected chi connectivity index (χ4v) is 3.44. The molecule has 0 atom stereocenters. The van der Waals surface area contributed by atoms with E-state index in [-0.39, 0.29) is 0 Å². The van der Waals surface area contributed by atoms with Crippen LogP contribution in [0.25, 0.3) is 0 Å². The van der Waals surface area contributed by atoms with Crippen molar-refractivity contribution in [3.05, 3.63) is 0 Å². The van der Waals surface area contributed by atoms with Gasteiger partial charge in [0.15, 0.2) is 0 Å². The second-order valence-corrected chi connectivity index (χ2v) is 6.72. The molecular weight excluding hydrogens is 222 g/mol. The summed E-state index contributed by atoms with van der Waals surface area (Å²) in [6.45, 7) is 12.3. The number of nitrogens with zero attached hydrogens (tertiary/aromatic N) is 2. The van der Waals surface area contributed by atoms with Gasteiger partial charge in [-0.3, -0.25) is 0 Å². The maximum Gasteiger partial charge on any atom is 0.00912 e. The lowest BCUT2D eigenvalue weighted by Crippen LogP contribution is -2.48. The average molecular weight is 253 g/mol. The van der Waals surface area contributed by atoms with Gasteiger partial charge in [-0.25, -0.2) is 0 Å². The molecule has 0 aliphatic carbocycles. The first-order chi connectivity index (χ1) is 8.61. The molecule has 0 saturated carbocycles. The molecule has 3 nitrogen and oxygen atoms in total. The van der Waals surface area contributed by atoms with Crippen molar-refractivity contribution >= 4 is 0 Å². The highest BCUT2D eigenvalue weighted by Crippen LogP contribution is 2.32. The van der Waals surface area contributed by atoms with Crippen molar-refractivity contribution in [3.63, 3.8) is 0 Å². The molecule has 2 saturated heterocycles. The van der Waals surface area contributed by atoms with Crippen LogP contribution in [0.15, 0.2) is 0 Å². The number of likely N-dealkylation sites (tertiary alicyclic amines) is 2. The molecule has 2 rings (SSSR count). The molecule has 0 aromatic carbocycles. The summed E-state index contributed by atoms with van der Waals surface area (Å²) < 4.78 is 0. The van der Waals surface area contributed by atoms with Gasteiger partial charge < -0.3 is 15.1 Å². The minimum Gasteiger partial charge on any atom is -0.314 e. The van der Waals surface area contributed by atoms with Crippen LogP contribution in [0, 0.1) is 5.41 Å². The maximum atomic E-state index is 3.59. The van der Waals surface area contributed by atoms with Gasteiger partial charge in [0.1, 0.15) is 0 Å². The lowest BCUT2D eigenvalue weighted by Gasteiger charge is -2.43. The molecule has 2 fully saturated rings. The second-order valence-electron chi connectivity index (χ2n) is 6.72. The standard InChI is InChI=1S/C15H31N3/c1-4-16-14-5-9-18(10-6-14)13-15(2)7-11-17(3)12-8-15/h14,16H,4-13H2,1-3H3. The normalized spacial score (nSPS) is 27.5. The number of hydrogen-bond donors (Lipinski definition) is 1. The quantitative estimate of drug-likeness (QED) is 0.824. The molecule has 0 amide bonds. The van der Waals surface area contributed by atoms with Crippen LogP contribution in [0.5, 0.6) is 0 Å². The van der Waals surface area contributed by atoms with Crippen LogP contribution < -0.4 is 5.32 Å². The molecule has 0 aromatic heterocycles. The van der Waals surface area contributed by atoms with Gasteiger partial charge in [-0.05, 0) is 70.9 Å². The molecular formula is C15H31N3. The van der Waals surface area contributed by atoms with Gasteiger partial charge in [0.05, 0.1) is 0 Å². The van der Waals surface area contributed by atoms with Gasteiger partial charge in [-0.15, -0.1) is 0 Å². The highest BCUT2D eigenvalue weighted by Gasteiger charge is 2.31. The zero-order valence-corrected chi connectivity index (χ0v) is 12.5. The van der Waals surface area contributed by atoms with E-state index in [9.17, 15) is 0 Å². The fraction of sp³-hybridized carbons (Fsp3) is 1.00. The van der Waals surface area contributed by atoms with Crippen LogP contribution in [0.2, 0.25) is 0 Å². The van der Waals surface area contributed by atoms with Crippen molar-refractivity contribution in [2.45, 2.75) is 45.6 Å². The van der Waals surface area contributed by atoms with E-state index in [1.807, 2.05) is 0 Å². The third-order valence-corrected chi connectivity index (χ3v) is 4.88. The largest absolute Gasteiger partial charge is 0.314 e. The summed E-state index contributed by atoms with van der Waals surface area (Å²) in [5.74, 6) is 0. The summed E-state index contributed by atoms with van der Waals surface area (Å²) in [6, 6.07) is 0.775. The van der Waals surface area contributed by atoms with Crippen molar-refractivity contribution in [1.29, 1.82) is 0 Å². The molecule has 0 radical (unpaired) electrons. The molecule has 0 unspecified atom stereocenters. The maximum absolute atomic E-state index is 3.59. The Morgan fingerprint density at radius 1 is 1.11 bits per heavy atom. The first-order valence-electron chi connectivity index (χ1n) is 7.75. The minimum absolute atomic E-state index is 0.567. The monoisotopic (exact) mass is 253 g/mol. The lowest BCUT2D eigenvalue weighted by atomic mass is 9.79. The van der Waals surface area contributed by atoms with Gasteiger partial charge in [-0.1, -0.05) is 13.8 Å². The zero-order valence-electron chi connectivity index (χ0n) is 12.5. The van der Waals surface area contributed by atoms with E-state index in [2.05, 4.69) is 36.0 Å². The fourth-order valence-electron chi connectivity index (χ4n) is 3.44. The van der Waals surface area contributed by atoms with Crippen LogP contribution in [0.1, 0.15) is 39.5 Å². The Balaban J connectivity index is 1.74. The smallest absolute Gasteiger partial charge is 0.00912 e. The van der Waals surface area contributed by atoms with Crippen molar-refractivity contribution in [3.8, 4) is 0 Å². The molecule has 0 aromatic rings. The first-order valence-corrected chi connectivity index (χ1v) is 7.75. The average Bonchev–Trinajstić information content (AvgIpc) is 2.36. The van der Waals surface area contributed by atoms with Gasteiger partial charge in [0, 0.05) is 12.6 Å². The Labute approximate surface area is 113 Å². The second kappa shape index (κ2) is 6.36. The highest BCUT2D eigenvalue weighted by molar-refractivity contribution is 4.86. The van der Waals surface area contributed by atoms with E-state index >= 15 is 0 Å². The van der Waals surface area contributed by atoms with Gasteiger partial charge in [0.25, 0.3) is 0 Å². The molecule has 0 spiro atoms. The Morgan fingerprint density at radius 2 is 1.72 bits per heavy atom. The predicted molar refractivity (Wildman–Crippen MR) is 78.0 cm³/mol. The summed E-state index contributed by atoms with van der Waals surface area (Å²) in [7, 11) is 2.25. The van der Waals surface area contributed by atoms with Crippen LogP contribution in [-0.2, 0) is 0 Å². The molecule has 0 bridgehead atoms. The van der Waals surface area contributed by atoms with Crippen LogP contribution in [0.4, 0.5) is 0 Å². The lowest BCUT2D eigenvalue weighted by molar-refractivity contribution is 0.0721. The van der Waals surface area contributed by atoms with E-state index in [0.717, 1.165) is 12.6 Å². The van der Waals surface area contributed by atoms with Crippen molar-refractivity contribution < 1.29 is 0 Å². The summed E-state index contributed by atoms with van der Waals surface area (Å²) in [5.41, 5.74) is 0.567. The predicted octanol–water partition coefficient (Wildman–Crippen LogP) is 1.79. The number of rotatable bonds is 4. The SMILES string of the molecule is CCNC1CCN(CC2(C)CCN(C)CC2)CC1.